The second kappa shape index (κ2) is 9.19. The van der Waals surface area contributed by atoms with Gasteiger partial charge in [0, 0.05) is 43.5 Å². The number of aromatic amines is 1. The van der Waals surface area contributed by atoms with E-state index < -0.39 is 9.84 Å². The minimum atomic E-state index is -2.87. The number of H-pyrrole nitrogens is 1. The molecule has 0 amide bonds. The van der Waals surface area contributed by atoms with Crippen LogP contribution >= 0.6 is 0 Å². The molecule has 3 aromatic heterocycles. The maximum absolute atomic E-state index is 14.3. The average Bonchev–Trinajstić information content (AvgIpc) is 3.48. The van der Waals surface area contributed by atoms with Gasteiger partial charge >= 0.3 is 0 Å². The molecule has 2 N–H and O–H groups in total. The number of aryl methyl sites for hydroxylation is 1. The minimum absolute atomic E-state index is 0.245. The summed E-state index contributed by atoms with van der Waals surface area (Å²) in [5.74, 6) is 0.170. The normalized spacial score (nSPS) is 16.2. The fourth-order valence-corrected chi connectivity index (χ4v) is 5.72. The summed E-state index contributed by atoms with van der Waals surface area (Å²) in [5, 5.41) is 10.8. The van der Waals surface area contributed by atoms with Crippen LogP contribution in [0, 0.1) is 5.82 Å². The molecule has 1 aromatic carbocycles. The van der Waals surface area contributed by atoms with E-state index in [1.165, 1.54) is 6.07 Å². The van der Waals surface area contributed by atoms with E-state index in [0.29, 0.717) is 30.0 Å². The second-order valence-corrected chi connectivity index (χ2v) is 10.9. The zero-order valence-electron chi connectivity index (χ0n) is 19.0. The summed E-state index contributed by atoms with van der Waals surface area (Å²) >= 11 is 0. The van der Waals surface area contributed by atoms with E-state index >= 15 is 0 Å². The highest BCUT2D eigenvalue weighted by Crippen LogP contribution is 2.29. The third-order valence-electron chi connectivity index (χ3n) is 6.39. The van der Waals surface area contributed by atoms with Crippen molar-refractivity contribution in [3.05, 3.63) is 60.3 Å². The number of fused-ring (bicyclic) bond motifs is 1. The Bertz CT molecular complexity index is 1400. The molecule has 10 heteroatoms. The van der Waals surface area contributed by atoms with Crippen LogP contribution in [-0.4, -0.2) is 71.3 Å². The molecule has 1 fully saturated rings. The van der Waals surface area contributed by atoms with Crippen molar-refractivity contribution in [1.82, 2.24) is 24.6 Å². The SMILES string of the molecule is CNc1ccc(-c2ccc3c(CCCN4CCS(=O)(=O)CC4)cn(-c4cn[nH]c4)c3n2)cc1F. The third-order valence-corrected chi connectivity index (χ3v) is 8.00. The van der Waals surface area contributed by atoms with Crippen LogP contribution in [0.3, 0.4) is 0 Å². The largest absolute Gasteiger partial charge is 0.386 e. The number of halogens is 1. The van der Waals surface area contributed by atoms with Crippen LogP contribution in [0.5, 0.6) is 0 Å². The van der Waals surface area contributed by atoms with Gasteiger partial charge in [-0.2, -0.15) is 5.10 Å². The molecule has 0 unspecified atom stereocenters. The van der Waals surface area contributed by atoms with Gasteiger partial charge in [-0.25, -0.2) is 17.8 Å². The molecule has 4 heterocycles. The van der Waals surface area contributed by atoms with Crippen LogP contribution in [0.15, 0.2) is 48.9 Å². The molecule has 0 spiro atoms. The van der Waals surface area contributed by atoms with Gasteiger partial charge in [-0.1, -0.05) is 6.07 Å². The monoisotopic (exact) mass is 482 g/mol. The number of benzene rings is 1. The molecule has 1 aliphatic rings. The zero-order chi connectivity index (χ0) is 23.7. The third kappa shape index (κ3) is 4.55. The molecule has 5 rings (SSSR count). The number of nitrogens with zero attached hydrogens (tertiary/aromatic N) is 4. The van der Waals surface area contributed by atoms with Crippen molar-refractivity contribution in [3.8, 4) is 16.9 Å². The molecule has 178 valence electrons. The van der Waals surface area contributed by atoms with Gasteiger partial charge in [0.15, 0.2) is 9.84 Å². The number of aromatic nitrogens is 4. The van der Waals surface area contributed by atoms with Crippen LogP contribution in [0.4, 0.5) is 10.1 Å². The maximum atomic E-state index is 14.3. The van der Waals surface area contributed by atoms with Crippen LogP contribution in [0.2, 0.25) is 0 Å². The van der Waals surface area contributed by atoms with Gasteiger partial charge in [0.05, 0.1) is 34.8 Å². The molecule has 8 nitrogen and oxygen atoms in total. The van der Waals surface area contributed by atoms with Crippen molar-refractivity contribution in [3.63, 3.8) is 0 Å². The van der Waals surface area contributed by atoms with Gasteiger partial charge in [0.2, 0.25) is 0 Å². The van der Waals surface area contributed by atoms with E-state index in [4.69, 9.17) is 4.98 Å². The lowest BCUT2D eigenvalue weighted by Gasteiger charge is -2.26. The van der Waals surface area contributed by atoms with Crippen LogP contribution in [0.25, 0.3) is 28.0 Å². The molecule has 4 aromatic rings. The topological polar surface area (TPSA) is 95.9 Å². The highest BCUT2D eigenvalue weighted by atomic mass is 32.2. The summed E-state index contributed by atoms with van der Waals surface area (Å²) in [7, 11) is -1.18. The highest BCUT2D eigenvalue weighted by Gasteiger charge is 2.21. The van der Waals surface area contributed by atoms with E-state index in [-0.39, 0.29) is 17.3 Å². The number of pyridine rings is 1. The molecule has 0 radical (unpaired) electrons. The van der Waals surface area contributed by atoms with Crippen molar-refractivity contribution in [2.75, 3.05) is 43.5 Å². The van der Waals surface area contributed by atoms with Crippen molar-refractivity contribution in [1.29, 1.82) is 0 Å². The Morgan fingerprint density at radius 1 is 1.18 bits per heavy atom. The number of hydrogen-bond acceptors (Lipinski definition) is 6. The molecule has 0 atom stereocenters. The number of nitrogens with one attached hydrogen (secondary N) is 2. The Morgan fingerprint density at radius 3 is 2.71 bits per heavy atom. The summed E-state index contributed by atoms with van der Waals surface area (Å²) in [4.78, 5) is 7.11. The lowest BCUT2D eigenvalue weighted by atomic mass is 10.1. The highest BCUT2D eigenvalue weighted by molar-refractivity contribution is 7.91. The van der Waals surface area contributed by atoms with Gasteiger partial charge in [-0.3, -0.25) is 9.67 Å². The van der Waals surface area contributed by atoms with E-state index in [1.807, 2.05) is 29.0 Å². The Labute approximate surface area is 197 Å². The Morgan fingerprint density at radius 2 is 2.00 bits per heavy atom. The Hall–Kier alpha value is -3.24. The fourth-order valence-electron chi connectivity index (χ4n) is 4.45. The van der Waals surface area contributed by atoms with Crippen molar-refractivity contribution in [2.24, 2.45) is 0 Å². The summed E-state index contributed by atoms with van der Waals surface area (Å²) in [5.41, 5.74) is 4.67. The molecule has 34 heavy (non-hydrogen) atoms. The smallest absolute Gasteiger partial charge is 0.152 e. The van der Waals surface area contributed by atoms with Gasteiger partial charge in [-0.15, -0.1) is 0 Å². The van der Waals surface area contributed by atoms with Crippen molar-refractivity contribution < 1.29 is 12.8 Å². The summed E-state index contributed by atoms with van der Waals surface area (Å²) in [6.45, 7) is 2.07. The molecule has 1 saturated heterocycles. The number of rotatable bonds is 7. The summed E-state index contributed by atoms with van der Waals surface area (Å²) in [6, 6.07) is 9.03. The van der Waals surface area contributed by atoms with E-state index in [1.54, 1.807) is 19.3 Å². The zero-order valence-corrected chi connectivity index (χ0v) is 19.8. The van der Waals surface area contributed by atoms with Gasteiger partial charge in [0.1, 0.15) is 11.5 Å². The van der Waals surface area contributed by atoms with Crippen LogP contribution in [0.1, 0.15) is 12.0 Å². The van der Waals surface area contributed by atoms with E-state index in [9.17, 15) is 12.8 Å². The lowest BCUT2D eigenvalue weighted by Crippen LogP contribution is -2.40. The summed E-state index contributed by atoms with van der Waals surface area (Å²) < 4.78 is 39.7. The molecule has 1 aliphatic heterocycles. The first-order valence-electron chi connectivity index (χ1n) is 11.3. The number of anilines is 1. The Kier molecular flexibility index (Phi) is 6.09. The predicted molar refractivity (Wildman–Crippen MR) is 132 cm³/mol. The van der Waals surface area contributed by atoms with Crippen molar-refractivity contribution >= 4 is 26.6 Å². The van der Waals surface area contributed by atoms with E-state index in [0.717, 1.165) is 41.7 Å². The minimum Gasteiger partial charge on any atom is -0.386 e. The van der Waals surface area contributed by atoms with Crippen LogP contribution in [-0.2, 0) is 16.3 Å². The molecule has 0 bridgehead atoms. The fraction of sp³-hybridized carbons (Fsp3) is 0.333. The standard InChI is InChI=1S/C24H27FN6O2S/c1-26-23-6-4-17(13-21(23)25)22-7-5-20-18(3-2-8-30-9-11-34(32,33)12-10-30)16-31(24(20)29-22)19-14-27-28-15-19/h4-7,13-16,26H,2-3,8-12H2,1H3,(H,27,28). The second-order valence-electron chi connectivity index (χ2n) is 8.59. The first kappa shape index (κ1) is 22.5. The number of hydrogen-bond donors (Lipinski definition) is 2. The van der Waals surface area contributed by atoms with Crippen LogP contribution < -0.4 is 5.32 Å². The molecular weight excluding hydrogens is 455 g/mol. The first-order chi connectivity index (χ1) is 16.4. The molecule has 0 saturated carbocycles. The quantitative estimate of drug-likeness (QED) is 0.420. The van der Waals surface area contributed by atoms with Gasteiger partial charge in [-0.05, 0) is 49.2 Å². The average molecular weight is 483 g/mol. The van der Waals surface area contributed by atoms with Gasteiger partial charge in [0.25, 0.3) is 0 Å². The van der Waals surface area contributed by atoms with E-state index in [2.05, 4.69) is 26.6 Å². The van der Waals surface area contributed by atoms with Crippen molar-refractivity contribution in [2.45, 2.75) is 12.8 Å². The number of sulfone groups is 1. The molecular formula is C24H27FN6O2S. The molecule has 0 aliphatic carbocycles. The first-order valence-corrected chi connectivity index (χ1v) is 13.2. The maximum Gasteiger partial charge on any atom is 0.152 e. The Balaban J connectivity index is 1.42. The van der Waals surface area contributed by atoms with Gasteiger partial charge < -0.3 is 10.2 Å². The lowest BCUT2D eigenvalue weighted by molar-refractivity contribution is 0.292. The predicted octanol–water partition coefficient (Wildman–Crippen LogP) is 3.26. The summed E-state index contributed by atoms with van der Waals surface area (Å²) in [6.07, 6.45) is 7.40.